The van der Waals surface area contributed by atoms with Crippen LogP contribution in [0.3, 0.4) is 0 Å². The molecule has 0 spiro atoms. The Balaban J connectivity index is 2.29. The highest BCUT2D eigenvalue weighted by molar-refractivity contribution is 5.81. The van der Waals surface area contributed by atoms with Crippen LogP contribution in [-0.4, -0.2) is 25.6 Å². The van der Waals surface area contributed by atoms with Crippen LogP contribution in [0.15, 0.2) is 42.5 Å². The lowest BCUT2D eigenvalue weighted by Crippen LogP contribution is -2.09. The Morgan fingerprint density at radius 3 is 2.26 bits per heavy atom. The third-order valence-electron chi connectivity index (χ3n) is 2.99. The molecule has 2 aromatic rings. The third-order valence-corrected chi connectivity index (χ3v) is 2.99. The quantitative estimate of drug-likeness (QED) is 0.855. The SMILES string of the molecule is COc1ccc(N(C)c2ccc(C=O)c(O)c2)cc1. The first kappa shape index (κ1) is 13.0. The molecule has 0 atom stereocenters. The fourth-order valence-electron chi connectivity index (χ4n) is 1.80. The van der Waals surface area contributed by atoms with E-state index in [1.54, 1.807) is 25.3 Å². The molecule has 0 saturated carbocycles. The van der Waals surface area contributed by atoms with Crippen molar-refractivity contribution in [3.8, 4) is 11.5 Å². The topological polar surface area (TPSA) is 49.8 Å². The highest BCUT2D eigenvalue weighted by atomic mass is 16.5. The van der Waals surface area contributed by atoms with E-state index in [0.29, 0.717) is 6.29 Å². The average molecular weight is 257 g/mol. The lowest BCUT2D eigenvalue weighted by molar-refractivity contribution is 0.112. The Bertz CT molecular complexity index is 578. The summed E-state index contributed by atoms with van der Waals surface area (Å²) < 4.78 is 5.11. The number of hydrogen-bond donors (Lipinski definition) is 1. The molecule has 0 radical (unpaired) electrons. The van der Waals surface area contributed by atoms with Gasteiger partial charge in [-0.05, 0) is 36.4 Å². The minimum Gasteiger partial charge on any atom is -0.507 e. The summed E-state index contributed by atoms with van der Waals surface area (Å²) in [5.74, 6) is 0.768. The molecule has 0 heterocycles. The normalized spacial score (nSPS) is 10.0. The molecule has 1 N–H and O–H groups in total. The van der Waals surface area contributed by atoms with Gasteiger partial charge in [0.25, 0.3) is 0 Å². The summed E-state index contributed by atoms with van der Waals surface area (Å²) in [4.78, 5) is 12.6. The molecule has 0 fully saturated rings. The molecule has 0 aromatic heterocycles. The molecule has 0 aliphatic heterocycles. The van der Waals surface area contributed by atoms with Crippen LogP contribution in [0, 0.1) is 0 Å². The van der Waals surface area contributed by atoms with Gasteiger partial charge in [-0.3, -0.25) is 4.79 Å². The fraction of sp³-hybridized carbons (Fsp3) is 0.133. The van der Waals surface area contributed by atoms with Crippen molar-refractivity contribution >= 4 is 17.7 Å². The zero-order valence-electron chi connectivity index (χ0n) is 10.8. The summed E-state index contributed by atoms with van der Waals surface area (Å²) in [6.07, 6.45) is 0.631. The number of phenolic OH excluding ortho intramolecular Hbond substituents is 1. The summed E-state index contributed by atoms with van der Waals surface area (Å²) in [5, 5.41) is 9.69. The van der Waals surface area contributed by atoms with Crippen molar-refractivity contribution in [3.63, 3.8) is 0 Å². The van der Waals surface area contributed by atoms with Gasteiger partial charge >= 0.3 is 0 Å². The molecule has 0 amide bonds. The third kappa shape index (κ3) is 2.68. The van der Waals surface area contributed by atoms with E-state index in [9.17, 15) is 9.90 Å². The number of ether oxygens (including phenoxy) is 1. The molecule has 2 aromatic carbocycles. The van der Waals surface area contributed by atoms with Gasteiger partial charge in [0.15, 0.2) is 6.29 Å². The van der Waals surface area contributed by atoms with Crippen molar-refractivity contribution in [3.05, 3.63) is 48.0 Å². The first-order chi connectivity index (χ1) is 9.15. The van der Waals surface area contributed by atoms with Gasteiger partial charge in [-0.15, -0.1) is 0 Å². The van der Waals surface area contributed by atoms with Crippen molar-refractivity contribution in [2.24, 2.45) is 0 Å². The molecule has 98 valence electrons. The van der Waals surface area contributed by atoms with Crippen molar-refractivity contribution in [2.45, 2.75) is 0 Å². The van der Waals surface area contributed by atoms with Gasteiger partial charge in [0, 0.05) is 24.5 Å². The average Bonchev–Trinajstić information content (AvgIpc) is 2.46. The van der Waals surface area contributed by atoms with Crippen molar-refractivity contribution in [1.82, 2.24) is 0 Å². The molecule has 0 unspecified atom stereocenters. The molecule has 0 aliphatic rings. The summed E-state index contributed by atoms with van der Waals surface area (Å²) >= 11 is 0. The second-order valence-corrected chi connectivity index (χ2v) is 4.12. The zero-order valence-corrected chi connectivity index (χ0v) is 10.8. The van der Waals surface area contributed by atoms with E-state index in [4.69, 9.17) is 4.74 Å². The van der Waals surface area contributed by atoms with Crippen LogP contribution in [0.2, 0.25) is 0 Å². The van der Waals surface area contributed by atoms with E-state index in [-0.39, 0.29) is 11.3 Å². The van der Waals surface area contributed by atoms with Gasteiger partial charge < -0.3 is 14.7 Å². The van der Waals surface area contributed by atoms with Crippen LogP contribution in [0.1, 0.15) is 10.4 Å². The largest absolute Gasteiger partial charge is 0.507 e. The Morgan fingerprint density at radius 2 is 1.74 bits per heavy atom. The van der Waals surface area contributed by atoms with Gasteiger partial charge in [-0.25, -0.2) is 0 Å². The smallest absolute Gasteiger partial charge is 0.153 e. The molecule has 19 heavy (non-hydrogen) atoms. The van der Waals surface area contributed by atoms with Crippen LogP contribution >= 0.6 is 0 Å². The number of nitrogens with zero attached hydrogens (tertiary/aromatic N) is 1. The number of hydrogen-bond acceptors (Lipinski definition) is 4. The standard InChI is InChI=1S/C15H15NO3/c1-16(12-5-7-14(19-2)8-6-12)13-4-3-11(10-17)15(18)9-13/h3-10,18H,1-2H3. The summed E-state index contributed by atoms with van der Waals surface area (Å²) in [7, 11) is 3.51. The van der Waals surface area contributed by atoms with E-state index in [0.717, 1.165) is 17.1 Å². The number of carbonyl (C=O) groups is 1. The second kappa shape index (κ2) is 5.44. The monoisotopic (exact) mass is 257 g/mol. The predicted molar refractivity (Wildman–Crippen MR) is 74.6 cm³/mol. The number of methoxy groups -OCH3 is 1. The summed E-state index contributed by atoms with van der Waals surface area (Å²) in [6.45, 7) is 0. The Morgan fingerprint density at radius 1 is 1.11 bits per heavy atom. The molecule has 2 rings (SSSR count). The fourth-order valence-corrected chi connectivity index (χ4v) is 1.80. The van der Waals surface area contributed by atoms with Crippen LogP contribution in [0.5, 0.6) is 11.5 Å². The highest BCUT2D eigenvalue weighted by Gasteiger charge is 2.07. The number of aldehydes is 1. The van der Waals surface area contributed by atoms with Crippen molar-refractivity contribution < 1.29 is 14.6 Å². The van der Waals surface area contributed by atoms with E-state index in [2.05, 4.69) is 0 Å². The number of anilines is 2. The van der Waals surface area contributed by atoms with Crippen molar-refractivity contribution in [1.29, 1.82) is 0 Å². The molecule has 0 aliphatic carbocycles. The minimum atomic E-state index is -0.0205. The Hall–Kier alpha value is -2.49. The van der Waals surface area contributed by atoms with Crippen LogP contribution in [-0.2, 0) is 0 Å². The van der Waals surface area contributed by atoms with Crippen LogP contribution in [0.25, 0.3) is 0 Å². The number of aromatic hydroxyl groups is 1. The van der Waals surface area contributed by atoms with Gasteiger partial charge in [0.2, 0.25) is 0 Å². The van der Waals surface area contributed by atoms with Crippen molar-refractivity contribution in [2.75, 3.05) is 19.1 Å². The van der Waals surface area contributed by atoms with Gasteiger partial charge in [-0.2, -0.15) is 0 Å². The molecular weight excluding hydrogens is 242 g/mol. The number of phenols is 1. The molecule has 4 heteroatoms. The Labute approximate surface area is 111 Å². The number of carbonyl (C=O) groups excluding carboxylic acids is 1. The lowest BCUT2D eigenvalue weighted by Gasteiger charge is -2.20. The van der Waals surface area contributed by atoms with Crippen LogP contribution < -0.4 is 9.64 Å². The first-order valence-electron chi connectivity index (χ1n) is 5.81. The molecule has 0 saturated heterocycles. The summed E-state index contributed by atoms with van der Waals surface area (Å²) in [6, 6.07) is 12.5. The maximum atomic E-state index is 10.7. The zero-order chi connectivity index (χ0) is 13.8. The summed E-state index contributed by atoms with van der Waals surface area (Å²) in [5.41, 5.74) is 2.04. The maximum absolute atomic E-state index is 10.7. The lowest BCUT2D eigenvalue weighted by atomic mass is 10.1. The van der Waals surface area contributed by atoms with Crippen LogP contribution in [0.4, 0.5) is 11.4 Å². The maximum Gasteiger partial charge on any atom is 0.153 e. The van der Waals surface area contributed by atoms with E-state index >= 15 is 0 Å². The van der Waals surface area contributed by atoms with Gasteiger partial charge in [0.05, 0.1) is 12.7 Å². The number of rotatable bonds is 4. The molecular formula is C15H15NO3. The van der Waals surface area contributed by atoms with Gasteiger partial charge in [-0.1, -0.05) is 0 Å². The first-order valence-corrected chi connectivity index (χ1v) is 5.81. The molecule has 4 nitrogen and oxygen atoms in total. The van der Waals surface area contributed by atoms with E-state index in [1.807, 2.05) is 36.2 Å². The second-order valence-electron chi connectivity index (χ2n) is 4.12. The predicted octanol–water partition coefficient (Wildman–Crippen LogP) is 2.98. The number of benzene rings is 2. The molecule has 0 bridgehead atoms. The minimum absolute atomic E-state index is 0.0205. The van der Waals surface area contributed by atoms with E-state index in [1.165, 1.54) is 0 Å². The van der Waals surface area contributed by atoms with E-state index < -0.39 is 0 Å². The highest BCUT2D eigenvalue weighted by Crippen LogP contribution is 2.29. The van der Waals surface area contributed by atoms with Gasteiger partial charge in [0.1, 0.15) is 11.5 Å². The Kier molecular flexibility index (Phi) is 3.71.